The molecule has 1 saturated heterocycles. The van der Waals surface area contributed by atoms with E-state index < -0.39 is 23.8 Å². The molecule has 1 saturated carbocycles. The number of aliphatic hydroxyl groups excluding tert-OH is 1. The van der Waals surface area contributed by atoms with Gasteiger partial charge in [-0.15, -0.1) is 0 Å². The van der Waals surface area contributed by atoms with Crippen LogP contribution in [0.1, 0.15) is 31.5 Å². The van der Waals surface area contributed by atoms with E-state index in [4.69, 9.17) is 0 Å². The summed E-state index contributed by atoms with van der Waals surface area (Å²) in [6.45, 7) is 2.04. The zero-order valence-electron chi connectivity index (χ0n) is 17.8. The molecule has 2 amide bonds. The van der Waals surface area contributed by atoms with Gasteiger partial charge in [0.1, 0.15) is 11.9 Å². The van der Waals surface area contributed by atoms with Crippen LogP contribution in [0.5, 0.6) is 0 Å². The van der Waals surface area contributed by atoms with Crippen molar-refractivity contribution in [2.24, 2.45) is 17.8 Å². The van der Waals surface area contributed by atoms with Crippen molar-refractivity contribution in [3.05, 3.63) is 58.3 Å². The number of pyridine rings is 1. The number of hydrogen-bond donors (Lipinski definition) is 2. The van der Waals surface area contributed by atoms with E-state index in [1.165, 1.54) is 24.0 Å². The van der Waals surface area contributed by atoms with Gasteiger partial charge in [0.15, 0.2) is 0 Å². The Bertz CT molecular complexity index is 1140. The fourth-order valence-electron chi connectivity index (χ4n) is 5.40. The van der Waals surface area contributed by atoms with Crippen LogP contribution in [0.3, 0.4) is 0 Å². The van der Waals surface area contributed by atoms with E-state index in [9.17, 15) is 23.9 Å². The number of carbonyl (C=O) groups is 2. The van der Waals surface area contributed by atoms with Gasteiger partial charge >= 0.3 is 0 Å². The highest BCUT2D eigenvalue weighted by molar-refractivity contribution is 5.88. The molecule has 2 fully saturated rings. The topological polar surface area (TPSA) is 91.6 Å². The lowest BCUT2D eigenvalue weighted by Gasteiger charge is -2.30. The van der Waals surface area contributed by atoms with E-state index in [1.54, 1.807) is 28.8 Å². The molecule has 0 unspecified atom stereocenters. The molecule has 2 aromatic rings. The Hall–Kier alpha value is -3.00. The number of hydrogen-bond acceptors (Lipinski definition) is 4. The summed E-state index contributed by atoms with van der Waals surface area (Å²) < 4.78 is 15.3. The summed E-state index contributed by atoms with van der Waals surface area (Å²) in [5.74, 6) is -1.16. The Morgan fingerprint density at radius 3 is 2.66 bits per heavy atom. The summed E-state index contributed by atoms with van der Waals surface area (Å²) in [4.78, 5) is 40.5. The summed E-state index contributed by atoms with van der Waals surface area (Å²) in [5.41, 5.74) is 1.24. The summed E-state index contributed by atoms with van der Waals surface area (Å²) in [7, 11) is 0. The van der Waals surface area contributed by atoms with Crippen molar-refractivity contribution in [3.63, 3.8) is 0 Å². The van der Waals surface area contributed by atoms with Crippen molar-refractivity contribution in [1.82, 2.24) is 14.8 Å². The third kappa shape index (κ3) is 3.33. The highest BCUT2D eigenvalue weighted by Gasteiger charge is 2.56. The van der Waals surface area contributed by atoms with Gasteiger partial charge in [-0.2, -0.15) is 0 Å². The van der Waals surface area contributed by atoms with Crippen molar-refractivity contribution in [2.45, 2.75) is 38.4 Å². The number of benzene rings is 1. The molecule has 8 heteroatoms. The first-order valence-corrected chi connectivity index (χ1v) is 11.1. The molecule has 1 aromatic heterocycles. The maximum Gasteiger partial charge on any atom is 0.258 e. The van der Waals surface area contributed by atoms with Gasteiger partial charge in [0, 0.05) is 49.7 Å². The normalized spacial score (nSPS) is 26.0. The second kappa shape index (κ2) is 7.85. The van der Waals surface area contributed by atoms with Crippen LogP contribution >= 0.6 is 0 Å². The maximum atomic E-state index is 13.7. The van der Waals surface area contributed by atoms with E-state index in [0.29, 0.717) is 35.8 Å². The number of halogens is 1. The fraction of sp³-hybridized carbons (Fsp3) is 0.458. The number of nitrogens with zero attached hydrogens (tertiary/aromatic N) is 2. The molecule has 32 heavy (non-hydrogen) atoms. The summed E-state index contributed by atoms with van der Waals surface area (Å²) in [5, 5.41) is 13.1. The number of fused-ring (bicyclic) bond motifs is 3. The number of nitrogens with one attached hydrogen (secondary N) is 1. The third-order valence-corrected chi connectivity index (χ3v) is 7.11. The van der Waals surface area contributed by atoms with Crippen LogP contribution in [-0.4, -0.2) is 45.6 Å². The van der Waals surface area contributed by atoms with E-state index in [1.807, 2.05) is 0 Å². The largest absolute Gasteiger partial charge is 0.396 e. The van der Waals surface area contributed by atoms with Gasteiger partial charge in [0.05, 0.1) is 6.04 Å². The second-order valence-electron chi connectivity index (χ2n) is 9.11. The average molecular weight is 439 g/mol. The SMILES string of the molecule is CC(=O)N1[C@H](C(=O)NCC2CC2)[C@@H](CO)[C@@H]2Cn3c(ccc(-c4cccc(F)c4)c3=O)[C@@H]21. The first-order valence-electron chi connectivity index (χ1n) is 11.1. The number of aliphatic hydroxyl groups is 1. The van der Waals surface area contributed by atoms with E-state index >= 15 is 0 Å². The molecule has 5 rings (SSSR count). The van der Waals surface area contributed by atoms with Crippen molar-refractivity contribution >= 4 is 11.8 Å². The van der Waals surface area contributed by atoms with Crippen molar-refractivity contribution in [1.29, 1.82) is 0 Å². The van der Waals surface area contributed by atoms with Gasteiger partial charge < -0.3 is 19.9 Å². The van der Waals surface area contributed by atoms with Crippen LogP contribution in [0, 0.1) is 23.6 Å². The van der Waals surface area contributed by atoms with E-state index in [-0.39, 0.29) is 29.9 Å². The average Bonchev–Trinajstić information content (AvgIpc) is 3.43. The minimum atomic E-state index is -0.766. The number of carbonyl (C=O) groups excluding carboxylic acids is 2. The molecule has 0 radical (unpaired) electrons. The Morgan fingerprint density at radius 1 is 1.22 bits per heavy atom. The van der Waals surface area contributed by atoms with Gasteiger partial charge in [0.2, 0.25) is 11.8 Å². The lowest BCUT2D eigenvalue weighted by Crippen LogP contribution is -2.50. The van der Waals surface area contributed by atoms with Crippen LogP contribution in [-0.2, 0) is 16.1 Å². The lowest BCUT2D eigenvalue weighted by molar-refractivity contribution is -0.140. The number of rotatable bonds is 5. The summed E-state index contributed by atoms with van der Waals surface area (Å²) >= 11 is 0. The molecule has 0 bridgehead atoms. The molecule has 168 valence electrons. The van der Waals surface area contributed by atoms with Gasteiger partial charge in [-0.05, 0) is 48.6 Å². The molecule has 3 heterocycles. The Kier molecular flexibility index (Phi) is 5.12. The highest BCUT2D eigenvalue weighted by Crippen LogP contribution is 2.49. The fourth-order valence-corrected chi connectivity index (χ4v) is 5.40. The second-order valence-corrected chi connectivity index (χ2v) is 9.11. The lowest BCUT2D eigenvalue weighted by atomic mass is 9.88. The molecule has 2 aliphatic heterocycles. The zero-order valence-corrected chi connectivity index (χ0v) is 17.8. The molecular weight excluding hydrogens is 413 g/mol. The molecule has 1 aromatic carbocycles. The van der Waals surface area contributed by atoms with Crippen LogP contribution in [0.15, 0.2) is 41.2 Å². The number of likely N-dealkylation sites (tertiary alicyclic amines) is 1. The van der Waals surface area contributed by atoms with Gasteiger partial charge in [0.25, 0.3) is 5.56 Å². The standard InChI is InChI=1S/C24H26FN3O4/c1-13(30)28-21-18(19(12-29)22(28)23(31)26-10-14-5-6-14)11-27-20(21)8-7-17(24(27)32)15-3-2-4-16(25)9-15/h2-4,7-9,14,18-19,21-22,29H,5-6,10-12H2,1H3,(H,26,31)/t18-,19-,21+,22-/m0/s1. The minimum Gasteiger partial charge on any atom is -0.396 e. The monoisotopic (exact) mass is 439 g/mol. The van der Waals surface area contributed by atoms with Crippen LogP contribution in [0.2, 0.25) is 0 Å². The summed E-state index contributed by atoms with van der Waals surface area (Å²) in [6.07, 6.45) is 2.19. The van der Waals surface area contributed by atoms with Gasteiger partial charge in [-0.1, -0.05) is 12.1 Å². The Labute approximate surface area is 184 Å². The Morgan fingerprint density at radius 2 is 2.00 bits per heavy atom. The van der Waals surface area contributed by atoms with E-state index in [2.05, 4.69) is 5.32 Å². The smallest absolute Gasteiger partial charge is 0.258 e. The molecule has 7 nitrogen and oxygen atoms in total. The third-order valence-electron chi connectivity index (χ3n) is 7.11. The first kappa shape index (κ1) is 20.9. The van der Waals surface area contributed by atoms with Crippen LogP contribution in [0.4, 0.5) is 4.39 Å². The molecule has 3 aliphatic rings. The molecule has 2 N–H and O–H groups in total. The van der Waals surface area contributed by atoms with Crippen molar-refractivity contribution in [2.75, 3.05) is 13.2 Å². The predicted octanol–water partition coefficient (Wildman–Crippen LogP) is 1.69. The van der Waals surface area contributed by atoms with Crippen LogP contribution < -0.4 is 10.9 Å². The predicted molar refractivity (Wildman–Crippen MR) is 115 cm³/mol. The molecule has 1 aliphatic carbocycles. The van der Waals surface area contributed by atoms with Gasteiger partial charge in [-0.25, -0.2) is 4.39 Å². The number of amides is 2. The quantitative estimate of drug-likeness (QED) is 0.742. The van der Waals surface area contributed by atoms with Crippen molar-refractivity contribution in [3.8, 4) is 11.1 Å². The Balaban J connectivity index is 1.52. The first-order chi connectivity index (χ1) is 15.4. The highest BCUT2D eigenvalue weighted by atomic mass is 19.1. The molecular formula is C24H26FN3O4. The van der Waals surface area contributed by atoms with E-state index in [0.717, 1.165) is 12.8 Å². The number of aromatic nitrogens is 1. The minimum absolute atomic E-state index is 0.245. The summed E-state index contributed by atoms with van der Waals surface area (Å²) in [6, 6.07) is 8.08. The maximum absolute atomic E-state index is 13.7. The van der Waals surface area contributed by atoms with Crippen LogP contribution in [0.25, 0.3) is 11.1 Å². The molecule has 0 spiro atoms. The van der Waals surface area contributed by atoms with Crippen molar-refractivity contribution < 1.29 is 19.1 Å². The van der Waals surface area contributed by atoms with Gasteiger partial charge in [-0.3, -0.25) is 14.4 Å². The molecule has 4 atom stereocenters. The zero-order chi connectivity index (χ0) is 22.6.